The molecule has 0 spiro atoms. The predicted octanol–water partition coefficient (Wildman–Crippen LogP) is 5.51. The highest BCUT2D eigenvalue weighted by atomic mass is 16.5. The zero-order valence-corrected chi connectivity index (χ0v) is 20.0. The van der Waals surface area contributed by atoms with Crippen molar-refractivity contribution in [3.05, 3.63) is 119 Å². The Balaban J connectivity index is 1.44. The van der Waals surface area contributed by atoms with Crippen LogP contribution in [0.2, 0.25) is 0 Å². The second kappa shape index (κ2) is 10.2. The van der Waals surface area contributed by atoms with Gasteiger partial charge in [0.15, 0.2) is 5.88 Å². The minimum atomic E-state index is 0.293. The monoisotopic (exact) mass is 452 g/mol. The normalized spacial score (nSPS) is 17.5. The summed E-state index contributed by atoms with van der Waals surface area (Å²) in [4.78, 5) is 4.71. The summed E-state index contributed by atoms with van der Waals surface area (Å²) < 4.78 is 11.8. The molecule has 2 aliphatic heterocycles. The molecular weight excluding hydrogens is 420 g/mol. The Morgan fingerprint density at radius 2 is 1.56 bits per heavy atom. The number of nitrogens with zero attached hydrogens (tertiary/aromatic N) is 2. The van der Waals surface area contributed by atoms with Crippen molar-refractivity contribution in [3.63, 3.8) is 0 Å². The number of ether oxygens (including phenoxy) is 2. The maximum atomic E-state index is 6.37. The van der Waals surface area contributed by atoms with Crippen LogP contribution in [-0.4, -0.2) is 43.2 Å². The molecule has 0 unspecified atom stereocenters. The summed E-state index contributed by atoms with van der Waals surface area (Å²) >= 11 is 0. The van der Waals surface area contributed by atoms with Gasteiger partial charge in [-0.25, -0.2) is 0 Å². The zero-order valence-electron chi connectivity index (χ0n) is 20.0. The van der Waals surface area contributed by atoms with Crippen LogP contribution in [0.4, 0.5) is 0 Å². The highest BCUT2D eigenvalue weighted by molar-refractivity contribution is 5.74. The third kappa shape index (κ3) is 4.87. The van der Waals surface area contributed by atoms with E-state index in [1.165, 1.54) is 27.8 Å². The van der Waals surface area contributed by atoms with Gasteiger partial charge in [-0.15, -0.1) is 0 Å². The highest BCUT2D eigenvalue weighted by Crippen LogP contribution is 2.35. The largest absolute Gasteiger partial charge is 0.492 e. The van der Waals surface area contributed by atoms with Crippen molar-refractivity contribution in [1.29, 1.82) is 0 Å². The SMILES string of the molecule is COC1=CC=C(c2cccc3c2C[C@H](N(Cc2ccccc2)Cc2ccccc2)CO3)CN1C. The molecule has 34 heavy (non-hydrogen) atoms. The second-order valence-electron chi connectivity index (χ2n) is 9.08. The lowest BCUT2D eigenvalue weighted by molar-refractivity contribution is 0.106. The van der Waals surface area contributed by atoms with Crippen LogP contribution in [0.3, 0.4) is 0 Å². The van der Waals surface area contributed by atoms with Crippen molar-refractivity contribution in [2.45, 2.75) is 25.6 Å². The first-order valence-corrected chi connectivity index (χ1v) is 11.9. The third-order valence-electron chi connectivity index (χ3n) is 6.74. The number of methoxy groups -OCH3 is 1. The van der Waals surface area contributed by atoms with Crippen molar-refractivity contribution < 1.29 is 9.47 Å². The average molecular weight is 453 g/mol. The summed E-state index contributed by atoms with van der Waals surface area (Å²) in [7, 11) is 3.79. The maximum absolute atomic E-state index is 6.37. The lowest BCUT2D eigenvalue weighted by Gasteiger charge is -2.36. The molecule has 2 heterocycles. The molecule has 0 saturated carbocycles. The molecule has 174 valence electrons. The van der Waals surface area contributed by atoms with Crippen LogP contribution in [0.25, 0.3) is 5.57 Å². The predicted molar refractivity (Wildman–Crippen MR) is 137 cm³/mol. The fraction of sp³-hybridized carbons (Fsp3) is 0.267. The Kier molecular flexibility index (Phi) is 6.68. The van der Waals surface area contributed by atoms with E-state index in [9.17, 15) is 0 Å². The van der Waals surface area contributed by atoms with Gasteiger partial charge in [0.1, 0.15) is 12.4 Å². The van der Waals surface area contributed by atoms with E-state index in [1.54, 1.807) is 7.11 Å². The first kappa shape index (κ1) is 22.3. The molecule has 0 bridgehead atoms. The number of fused-ring (bicyclic) bond motifs is 1. The Labute approximate surface area is 202 Å². The number of benzene rings is 3. The fourth-order valence-electron chi connectivity index (χ4n) is 4.96. The van der Waals surface area contributed by atoms with Crippen LogP contribution >= 0.6 is 0 Å². The lowest BCUT2D eigenvalue weighted by Crippen LogP contribution is -2.42. The fourth-order valence-corrected chi connectivity index (χ4v) is 4.96. The first-order chi connectivity index (χ1) is 16.7. The van der Waals surface area contributed by atoms with Crippen LogP contribution in [0.15, 0.2) is 96.9 Å². The molecule has 0 amide bonds. The van der Waals surface area contributed by atoms with Crippen molar-refractivity contribution in [3.8, 4) is 5.75 Å². The standard InChI is InChI=1S/C30H32N2O2/c1-31-21-25(16-17-30(31)33-2)27-14-9-15-29-28(27)18-26(22-34-29)32(19-23-10-5-3-6-11-23)20-24-12-7-4-8-13-24/h3-17,26H,18-22H2,1-2H3/t26-/m0/s1. The maximum Gasteiger partial charge on any atom is 0.189 e. The number of likely N-dealkylation sites (N-methyl/N-ethyl adjacent to an activating group) is 1. The number of allylic oxidation sites excluding steroid dienone is 2. The molecule has 3 aromatic rings. The summed E-state index contributed by atoms with van der Waals surface area (Å²) in [5.74, 6) is 1.90. The molecule has 0 aliphatic carbocycles. The average Bonchev–Trinajstić information content (AvgIpc) is 2.89. The van der Waals surface area contributed by atoms with E-state index in [-0.39, 0.29) is 0 Å². The van der Waals surface area contributed by atoms with Gasteiger partial charge < -0.3 is 14.4 Å². The molecule has 1 atom stereocenters. The Bertz CT molecular complexity index is 1130. The van der Waals surface area contributed by atoms with Crippen LogP contribution in [0, 0.1) is 0 Å². The zero-order chi connectivity index (χ0) is 23.3. The van der Waals surface area contributed by atoms with Crippen molar-refractivity contribution in [1.82, 2.24) is 9.80 Å². The Morgan fingerprint density at radius 1 is 0.882 bits per heavy atom. The van der Waals surface area contributed by atoms with Crippen molar-refractivity contribution in [2.24, 2.45) is 0 Å². The summed E-state index contributed by atoms with van der Waals surface area (Å²) in [5.41, 5.74) is 6.53. The Morgan fingerprint density at radius 3 is 2.18 bits per heavy atom. The van der Waals surface area contributed by atoms with Crippen LogP contribution in [0.5, 0.6) is 5.75 Å². The van der Waals surface area contributed by atoms with Gasteiger partial charge >= 0.3 is 0 Å². The summed E-state index contributed by atoms with van der Waals surface area (Å²) in [6, 6.07) is 28.2. The topological polar surface area (TPSA) is 24.9 Å². The number of hydrogen-bond donors (Lipinski definition) is 0. The van der Waals surface area contributed by atoms with Crippen LogP contribution in [0.1, 0.15) is 22.3 Å². The van der Waals surface area contributed by atoms with Gasteiger partial charge in [0, 0.05) is 38.3 Å². The van der Waals surface area contributed by atoms with E-state index in [0.29, 0.717) is 12.6 Å². The molecule has 2 aliphatic rings. The molecule has 0 radical (unpaired) electrons. The van der Waals surface area contributed by atoms with Gasteiger partial charge in [0.25, 0.3) is 0 Å². The van der Waals surface area contributed by atoms with Gasteiger partial charge in [0.2, 0.25) is 0 Å². The van der Waals surface area contributed by atoms with Gasteiger partial charge in [-0.1, -0.05) is 78.9 Å². The van der Waals surface area contributed by atoms with E-state index >= 15 is 0 Å². The van der Waals surface area contributed by atoms with E-state index < -0.39 is 0 Å². The smallest absolute Gasteiger partial charge is 0.189 e. The van der Waals surface area contributed by atoms with Crippen LogP contribution < -0.4 is 4.74 Å². The first-order valence-electron chi connectivity index (χ1n) is 11.9. The molecule has 3 aromatic carbocycles. The van der Waals surface area contributed by atoms with E-state index in [4.69, 9.17) is 9.47 Å². The summed E-state index contributed by atoms with van der Waals surface area (Å²) in [6.45, 7) is 3.31. The van der Waals surface area contributed by atoms with Gasteiger partial charge in [-0.05, 0) is 40.8 Å². The molecule has 4 heteroatoms. The molecular formula is C30H32N2O2. The third-order valence-corrected chi connectivity index (χ3v) is 6.74. The van der Waals surface area contributed by atoms with Crippen molar-refractivity contribution >= 4 is 5.57 Å². The Hall–Kier alpha value is -3.50. The van der Waals surface area contributed by atoms with E-state index in [1.807, 2.05) is 0 Å². The highest BCUT2D eigenvalue weighted by Gasteiger charge is 2.29. The second-order valence-corrected chi connectivity index (χ2v) is 9.08. The molecule has 0 aromatic heterocycles. The van der Waals surface area contributed by atoms with Crippen molar-refractivity contribution in [2.75, 3.05) is 27.3 Å². The molecule has 0 saturated heterocycles. The van der Waals surface area contributed by atoms with Gasteiger partial charge in [-0.3, -0.25) is 4.90 Å². The van der Waals surface area contributed by atoms with Crippen LogP contribution in [-0.2, 0) is 24.2 Å². The summed E-state index contributed by atoms with van der Waals surface area (Å²) in [6.07, 6.45) is 5.20. The summed E-state index contributed by atoms with van der Waals surface area (Å²) in [5, 5.41) is 0. The van der Waals surface area contributed by atoms with Gasteiger partial charge in [0.05, 0.1) is 7.11 Å². The van der Waals surface area contributed by atoms with E-state index in [0.717, 1.165) is 37.7 Å². The number of hydrogen-bond acceptors (Lipinski definition) is 4. The molecule has 5 rings (SSSR count). The minimum absolute atomic E-state index is 0.293. The minimum Gasteiger partial charge on any atom is -0.492 e. The molecule has 0 fully saturated rings. The lowest BCUT2D eigenvalue weighted by atomic mass is 9.91. The molecule has 0 N–H and O–H groups in total. The van der Waals surface area contributed by atoms with E-state index in [2.05, 4.69) is 108 Å². The number of rotatable bonds is 7. The molecule has 4 nitrogen and oxygen atoms in total. The quantitative estimate of drug-likeness (QED) is 0.472. The van der Waals surface area contributed by atoms with Gasteiger partial charge in [-0.2, -0.15) is 0 Å².